The van der Waals surface area contributed by atoms with Crippen molar-refractivity contribution in [3.63, 3.8) is 0 Å². The van der Waals surface area contributed by atoms with Crippen molar-refractivity contribution >= 4 is 38.2 Å². The van der Waals surface area contributed by atoms with Crippen LogP contribution in [0.3, 0.4) is 0 Å². The molecule has 0 atom stereocenters. The fraction of sp³-hybridized carbons (Fsp3) is 0.118. The van der Waals surface area contributed by atoms with Crippen molar-refractivity contribution in [3.8, 4) is 5.75 Å². The first-order valence-corrected chi connectivity index (χ1v) is 8.98. The molecule has 0 spiro atoms. The van der Waals surface area contributed by atoms with Gasteiger partial charge >= 0.3 is 0 Å². The average molecular weight is 363 g/mol. The lowest BCUT2D eigenvalue weighted by Gasteiger charge is -2.13. The molecule has 0 amide bonds. The van der Waals surface area contributed by atoms with E-state index in [-0.39, 0.29) is 10.6 Å². The van der Waals surface area contributed by atoms with Crippen molar-refractivity contribution in [2.45, 2.75) is 11.8 Å². The zero-order valence-electron chi connectivity index (χ0n) is 13.1. The molecule has 0 fully saturated rings. The maximum absolute atomic E-state index is 12.7. The number of aromatic nitrogens is 1. The number of rotatable bonds is 4. The molecule has 1 N–H and O–H groups in total. The van der Waals surface area contributed by atoms with Gasteiger partial charge in [0.05, 0.1) is 24.5 Å². The monoisotopic (exact) mass is 362 g/mol. The lowest BCUT2D eigenvalue weighted by molar-refractivity contribution is 0.402. The second-order valence-corrected chi connectivity index (χ2v) is 7.33. The van der Waals surface area contributed by atoms with Crippen LogP contribution < -0.4 is 9.46 Å². The van der Waals surface area contributed by atoms with E-state index in [2.05, 4.69) is 9.71 Å². The highest BCUT2D eigenvalue weighted by Crippen LogP contribution is 2.31. The highest BCUT2D eigenvalue weighted by Gasteiger charge is 2.21. The van der Waals surface area contributed by atoms with Crippen LogP contribution in [-0.4, -0.2) is 20.5 Å². The summed E-state index contributed by atoms with van der Waals surface area (Å²) in [6, 6.07) is 12.2. The molecule has 0 radical (unpaired) electrons. The number of ether oxygens (including phenoxy) is 1. The number of fused-ring (bicyclic) bond motifs is 1. The molecule has 0 aliphatic carbocycles. The van der Waals surface area contributed by atoms with Gasteiger partial charge in [0.25, 0.3) is 10.0 Å². The van der Waals surface area contributed by atoms with E-state index < -0.39 is 10.0 Å². The fourth-order valence-corrected chi connectivity index (χ4v) is 3.78. The molecule has 0 aliphatic rings. The largest absolute Gasteiger partial charge is 0.495 e. The normalized spacial score (nSPS) is 11.5. The summed E-state index contributed by atoms with van der Waals surface area (Å²) in [5, 5.41) is 1.19. The summed E-state index contributed by atoms with van der Waals surface area (Å²) in [5.74, 6) is 0.234. The summed E-state index contributed by atoms with van der Waals surface area (Å²) in [7, 11) is -2.45. The number of para-hydroxylation sites is 1. The van der Waals surface area contributed by atoms with E-state index >= 15 is 0 Å². The van der Waals surface area contributed by atoms with Gasteiger partial charge in [-0.3, -0.25) is 9.71 Å². The Morgan fingerprint density at radius 3 is 2.67 bits per heavy atom. The van der Waals surface area contributed by atoms with Crippen LogP contribution in [0.5, 0.6) is 5.75 Å². The minimum atomic E-state index is -3.86. The lowest BCUT2D eigenvalue weighted by atomic mass is 10.2. The summed E-state index contributed by atoms with van der Waals surface area (Å²) in [5.41, 5.74) is 1.89. The van der Waals surface area contributed by atoms with Gasteiger partial charge in [-0.25, -0.2) is 8.42 Å². The Hall–Kier alpha value is -2.31. The molecule has 1 aromatic heterocycles. The SMILES string of the molecule is COc1cc(C)c(Cl)cc1S(=O)(=O)Nc1cnc2ccccc2c1. The minimum absolute atomic E-state index is 0.0197. The molecule has 2 aromatic carbocycles. The Labute approximate surface area is 145 Å². The second kappa shape index (κ2) is 6.30. The first-order valence-electron chi connectivity index (χ1n) is 7.12. The van der Waals surface area contributed by atoms with Crippen molar-refractivity contribution in [2.75, 3.05) is 11.8 Å². The molecule has 0 saturated carbocycles. The van der Waals surface area contributed by atoms with Gasteiger partial charge in [0.1, 0.15) is 10.6 Å². The Morgan fingerprint density at radius 2 is 1.92 bits per heavy atom. The first-order chi connectivity index (χ1) is 11.4. The number of benzene rings is 2. The van der Waals surface area contributed by atoms with E-state index in [1.54, 1.807) is 19.1 Å². The fourth-order valence-electron chi connectivity index (χ4n) is 2.34. The van der Waals surface area contributed by atoms with Gasteiger partial charge in [-0.1, -0.05) is 29.8 Å². The van der Waals surface area contributed by atoms with E-state index in [1.807, 2.05) is 24.3 Å². The van der Waals surface area contributed by atoms with Crippen LogP contribution in [0.4, 0.5) is 5.69 Å². The number of sulfonamides is 1. The van der Waals surface area contributed by atoms with Gasteiger partial charge in [-0.05, 0) is 36.8 Å². The predicted octanol–water partition coefficient (Wildman–Crippen LogP) is 4.01. The van der Waals surface area contributed by atoms with Crippen LogP contribution in [0.25, 0.3) is 10.9 Å². The van der Waals surface area contributed by atoms with E-state index in [0.29, 0.717) is 10.7 Å². The molecular formula is C17H15ClN2O3S. The standard InChI is InChI=1S/C17H15ClN2O3S/c1-11-7-16(23-2)17(9-14(11)18)24(21,22)20-13-8-12-5-3-4-6-15(12)19-10-13/h3-10,20H,1-2H3. The van der Waals surface area contributed by atoms with Gasteiger partial charge in [0.15, 0.2) is 0 Å². The Morgan fingerprint density at radius 1 is 1.17 bits per heavy atom. The summed E-state index contributed by atoms with van der Waals surface area (Å²) < 4.78 is 33.1. The molecule has 124 valence electrons. The average Bonchev–Trinajstić information content (AvgIpc) is 2.56. The highest BCUT2D eigenvalue weighted by molar-refractivity contribution is 7.92. The summed E-state index contributed by atoms with van der Waals surface area (Å²) in [4.78, 5) is 4.23. The quantitative estimate of drug-likeness (QED) is 0.761. The van der Waals surface area contributed by atoms with Crippen LogP contribution in [0.2, 0.25) is 5.02 Å². The smallest absolute Gasteiger partial charge is 0.265 e. The van der Waals surface area contributed by atoms with Crippen LogP contribution in [-0.2, 0) is 10.0 Å². The van der Waals surface area contributed by atoms with Gasteiger partial charge in [0, 0.05) is 10.4 Å². The maximum atomic E-state index is 12.7. The van der Waals surface area contributed by atoms with Crippen molar-refractivity contribution in [3.05, 3.63) is 59.2 Å². The van der Waals surface area contributed by atoms with Gasteiger partial charge in [-0.2, -0.15) is 0 Å². The number of aryl methyl sites for hydroxylation is 1. The third-order valence-corrected chi connectivity index (χ3v) is 5.39. The molecule has 24 heavy (non-hydrogen) atoms. The molecule has 3 rings (SSSR count). The summed E-state index contributed by atoms with van der Waals surface area (Å²) >= 11 is 6.07. The Bertz CT molecular complexity index is 1020. The molecule has 3 aromatic rings. The number of halogens is 1. The molecule has 5 nitrogen and oxygen atoms in total. The number of anilines is 1. The van der Waals surface area contributed by atoms with Gasteiger partial charge in [-0.15, -0.1) is 0 Å². The zero-order valence-corrected chi connectivity index (χ0v) is 14.6. The maximum Gasteiger partial charge on any atom is 0.265 e. The number of pyridine rings is 1. The molecular weight excluding hydrogens is 348 g/mol. The van der Waals surface area contributed by atoms with E-state index in [4.69, 9.17) is 16.3 Å². The van der Waals surface area contributed by atoms with E-state index in [0.717, 1.165) is 16.5 Å². The molecule has 0 aliphatic heterocycles. The predicted molar refractivity (Wildman–Crippen MR) is 95.3 cm³/mol. The van der Waals surface area contributed by atoms with Crippen molar-refractivity contribution < 1.29 is 13.2 Å². The summed E-state index contributed by atoms with van der Waals surface area (Å²) in [6.45, 7) is 1.78. The number of hydrogen-bond acceptors (Lipinski definition) is 4. The van der Waals surface area contributed by atoms with Crippen LogP contribution in [0, 0.1) is 6.92 Å². The molecule has 0 saturated heterocycles. The molecule has 1 heterocycles. The van der Waals surface area contributed by atoms with Gasteiger partial charge in [0.2, 0.25) is 0 Å². The Kier molecular flexibility index (Phi) is 4.34. The number of methoxy groups -OCH3 is 1. The third kappa shape index (κ3) is 3.16. The molecule has 0 unspecified atom stereocenters. The Balaban J connectivity index is 2.03. The van der Waals surface area contributed by atoms with Crippen LogP contribution >= 0.6 is 11.6 Å². The number of hydrogen-bond donors (Lipinski definition) is 1. The van der Waals surface area contributed by atoms with Crippen molar-refractivity contribution in [2.24, 2.45) is 0 Å². The van der Waals surface area contributed by atoms with Gasteiger partial charge < -0.3 is 4.74 Å². The molecule has 7 heteroatoms. The van der Waals surface area contributed by atoms with E-state index in [9.17, 15) is 8.42 Å². The van der Waals surface area contributed by atoms with Crippen LogP contribution in [0.1, 0.15) is 5.56 Å². The van der Waals surface area contributed by atoms with E-state index in [1.165, 1.54) is 19.4 Å². The molecule has 0 bridgehead atoms. The van der Waals surface area contributed by atoms with Crippen molar-refractivity contribution in [1.82, 2.24) is 4.98 Å². The number of nitrogens with one attached hydrogen (secondary N) is 1. The number of nitrogens with zero attached hydrogens (tertiary/aromatic N) is 1. The zero-order chi connectivity index (χ0) is 17.3. The minimum Gasteiger partial charge on any atom is -0.495 e. The topological polar surface area (TPSA) is 68.3 Å². The van der Waals surface area contributed by atoms with Crippen molar-refractivity contribution in [1.29, 1.82) is 0 Å². The lowest BCUT2D eigenvalue weighted by Crippen LogP contribution is -2.14. The first kappa shape index (κ1) is 16.5. The second-order valence-electron chi connectivity index (χ2n) is 5.27. The summed E-state index contributed by atoms with van der Waals surface area (Å²) in [6.07, 6.45) is 1.47. The highest BCUT2D eigenvalue weighted by atomic mass is 35.5. The third-order valence-electron chi connectivity index (χ3n) is 3.58. The van der Waals surface area contributed by atoms with Crippen LogP contribution in [0.15, 0.2) is 53.6 Å².